The number of tetrazole rings is 1. The second-order valence-corrected chi connectivity index (χ2v) is 8.12. The number of benzene rings is 1. The Morgan fingerprint density at radius 1 is 1.14 bits per heavy atom. The van der Waals surface area contributed by atoms with Crippen LogP contribution in [0, 0.1) is 17.5 Å². The molecule has 0 atom stereocenters. The molecule has 4 aromatic rings. The van der Waals surface area contributed by atoms with Crippen LogP contribution in [0.25, 0.3) is 22.8 Å². The number of carbonyl (C=O) groups is 1. The Bertz CT molecular complexity index is 1470. The van der Waals surface area contributed by atoms with Gasteiger partial charge in [0, 0.05) is 37.9 Å². The molecule has 36 heavy (non-hydrogen) atoms. The highest BCUT2D eigenvalue weighted by Crippen LogP contribution is 2.32. The van der Waals surface area contributed by atoms with Crippen LogP contribution in [0.3, 0.4) is 0 Å². The molecule has 1 saturated heterocycles. The summed E-state index contributed by atoms with van der Waals surface area (Å²) in [5.74, 6) is -6.98. The average Bonchev–Trinajstić information content (AvgIpc) is 3.54. The zero-order valence-corrected chi connectivity index (χ0v) is 19.1. The lowest BCUT2D eigenvalue weighted by Gasteiger charge is -2.35. The van der Waals surface area contributed by atoms with E-state index in [1.807, 2.05) is 4.90 Å². The van der Waals surface area contributed by atoms with Crippen LogP contribution in [-0.4, -0.2) is 77.4 Å². The van der Waals surface area contributed by atoms with Crippen LogP contribution < -0.4 is 4.90 Å². The molecular weight excluding hydrogens is 507 g/mol. The number of rotatable bonds is 4. The van der Waals surface area contributed by atoms with Crippen LogP contribution in [0.15, 0.2) is 22.9 Å². The summed E-state index contributed by atoms with van der Waals surface area (Å²) in [5, 5.41) is 25.1. The zero-order chi connectivity index (χ0) is 25.6. The van der Waals surface area contributed by atoms with E-state index in [4.69, 9.17) is 16.1 Å². The molecule has 0 saturated carbocycles. The lowest BCUT2D eigenvalue weighted by Crippen LogP contribution is -2.49. The van der Waals surface area contributed by atoms with Crippen LogP contribution >= 0.6 is 11.6 Å². The summed E-state index contributed by atoms with van der Waals surface area (Å²) in [7, 11) is 1.64. The summed E-state index contributed by atoms with van der Waals surface area (Å²) in [4.78, 5) is 25.6. The number of carbonyl (C=O) groups excluding carboxylic acids is 1. The molecule has 1 aliphatic rings. The maximum absolute atomic E-state index is 14.1. The van der Waals surface area contributed by atoms with Crippen molar-refractivity contribution in [3.05, 3.63) is 46.6 Å². The molecule has 1 amide bonds. The Labute approximate surface area is 204 Å². The first-order valence-electron chi connectivity index (χ1n) is 10.4. The van der Waals surface area contributed by atoms with E-state index >= 15 is 0 Å². The fourth-order valence-corrected chi connectivity index (χ4v) is 3.90. The van der Waals surface area contributed by atoms with Crippen LogP contribution in [0.4, 0.5) is 19.0 Å². The van der Waals surface area contributed by atoms with E-state index in [9.17, 15) is 23.1 Å². The number of halogens is 4. The molecule has 12 nitrogen and oxygen atoms in total. The lowest BCUT2D eigenvalue weighted by molar-refractivity contribution is 0.0731. The van der Waals surface area contributed by atoms with Crippen LogP contribution in [0.1, 0.15) is 10.6 Å². The van der Waals surface area contributed by atoms with Crippen molar-refractivity contribution >= 4 is 23.3 Å². The van der Waals surface area contributed by atoms with E-state index in [-0.39, 0.29) is 13.1 Å². The third kappa shape index (κ3) is 4.17. The van der Waals surface area contributed by atoms with Crippen molar-refractivity contribution in [1.29, 1.82) is 0 Å². The second kappa shape index (κ2) is 9.07. The quantitative estimate of drug-likeness (QED) is 0.397. The Balaban J connectivity index is 1.27. The number of aromatic hydroxyl groups is 1. The minimum absolute atomic E-state index is 0.258. The summed E-state index contributed by atoms with van der Waals surface area (Å²) >= 11 is 6.42. The number of piperazine rings is 1. The monoisotopic (exact) mass is 521 g/mol. The van der Waals surface area contributed by atoms with Gasteiger partial charge in [-0.1, -0.05) is 16.8 Å². The van der Waals surface area contributed by atoms with Gasteiger partial charge >= 0.3 is 0 Å². The van der Waals surface area contributed by atoms with Gasteiger partial charge in [-0.3, -0.25) is 4.79 Å². The van der Waals surface area contributed by atoms with Crippen molar-refractivity contribution in [3.63, 3.8) is 0 Å². The van der Waals surface area contributed by atoms with E-state index in [0.717, 1.165) is 0 Å². The fraction of sp³-hybridized carbons (Fsp3) is 0.250. The summed E-state index contributed by atoms with van der Waals surface area (Å²) in [5.41, 5.74) is -0.0759. The zero-order valence-electron chi connectivity index (χ0n) is 18.4. The molecule has 186 valence electrons. The van der Waals surface area contributed by atoms with Gasteiger partial charge in [-0.05, 0) is 17.3 Å². The van der Waals surface area contributed by atoms with E-state index in [2.05, 4.69) is 30.5 Å². The fourth-order valence-electron chi connectivity index (χ4n) is 3.61. The molecule has 0 spiro atoms. The number of aromatic nitrogens is 7. The van der Waals surface area contributed by atoms with Crippen molar-refractivity contribution < 1.29 is 27.6 Å². The molecule has 0 unspecified atom stereocenters. The predicted octanol–water partition coefficient (Wildman–Crippen LogP) is 2.06. The lowest BCUT2D eigenvalue weighted by atomic mass is 10.2. The van der Waals surface area contributed by atoms with Gasteiger partial charge in [-0.25, -0.2) is 13.8 Å². The maximum Gasteiger partial charge on any atom is 0.295 e. The van der Waals surface area contributed by atoms with Gasteiger partial charge in [0.1, 0.15) is 5.82 Å². The molecule has 0 aliphatic carbocycles. The van der Waals surface area contributed by atoms with Gasteiger partial charge in [0.2, 0.25) is 11.6 Å². The number of hydrogen-bond donors (Lipinski definition) is 1. The van der Waals surface area contributed by atoms with E-state index in [1.165, 1.54) is 9.70 Å². The van der Waals surface area contributed by atoms with E-state index in [1.54, 1.807) is 19.3 Å². The number of phenols is 1. The highest BCUT2D eigenvalue weighted by molar-refractivity contribution is 6.33. The van der Waals surface area contributed by atoms with Gasteiger partial charge in [0.15, 0.2) is 17.4 Å². The van der Waals surface area contributed by atoms with Gasteiger partial charge < -0.3 is 19.4 Å². The number of pyridine rings is 1. The molecule has 5 rings (SSSR count). The van der Waals surface area contributed by atoms with E-state index in [0.29, 0.717) is 41.4 Å². The van der Waals surface area contributed by atoms with Gasteiger partial charge in [-0.2, -0.15) is 14.2 Å². The van der Waals surface area contributed by atoms with Gasteiger partial charge in [0.25, 0.3) is 17.6 Å². The smallest absolute Gasteiger partial charge is 0.295 e. The number of nitrogens with zero attached hydrogens (tertiary/aromatic N) is 9. The maximum atomic E-state index is 14.1. The number of phenolic OH excluding ortho intramolecular Hbond substituents is 1. The van der Waals surface area contributed by atoms with Crippen molar-refractivity contribution in [2.45, 2.75) is 0 Å². The second-order valence-electron chi connectivity index (χ2n) is 7.72. The first-order chi connectivity index (χ1) is 17.2. The third-order valence-electron chi connectivity index (χ3n) is 5.44. The Morgan fingerprint density at radius 2 is 1.89 bits per heavy atom. The molecule has 16 heteroatoms. The number of anilines is 1. The number of hydrogen-bond acceptors (Lipinski definition) is 10. The molecule has 0 radical (unpaired) electrons. The highest BCUT2D eigenvalue weighted by atomic mass is 35.5. The summed E-state index contributed by atoms with van der Waals surface area (Å²) in [6.45, 7) is 1.29. The number of amides is 1. The SMILES string of the molecule is Cn1nnc(-c2cnc(N3CCN(C(=O)c4noc(-c5cc(F)c(F)c(O)c5F)n4)CC3)c(Cl)c2)n1. The van der Waals surface area contributed by atoms with Crippen molar-refractivity contribution in [2.24, 2.45) is 7.05 Å². The van der Waals surface area contributed by atoms with Crippen molar-refractivity contribution in [2.75, 3.05) is 31.1 Å². The molecular formula is C20H15ClF3N9O3. The first kappa shape index (κ1) is 23.5. The molecule has 1 N–H and O–H groups in total. The average molecular weight is 522 g/mol. The molecule has 3 aromatic heterocycles. The Morgan fingerprint density at radius 3 is 2.56 bits per heavy atom. The van der Waals surface area contributed by atoms with Crippen LogP contribution in [0.5, 0.6) is 5.75 Å². The number of aryl methyl sites for hydroxylation is 1. The molecule has 1 aliphatic heterocycles. The molecule has 4 heterocycles. The topological polar surface area (TPSA) is 139 Å². The van der Waals surface area contributed by atoms with E-state index < -0.39 is 46.4 Å². The van der Waals surface area contributed by atoms with Gasteiger partial charge in [0.05, 0.1) is 17.6 Å². The first-order valence-corrected chi connectivity index (χ1v) is 10.8. The minimum atomic E-state index is -1.75. The predicted molar refractivity (Wildman–Crippen MR) is 116 cm³/mol. The van der Waals surface area contributed by atoms with Crippen molar-refractivity contribution in [1.82, 2.24) is 40.2 Å². The normalized spacial score (nSPS) is 13.9. The largest absolute Gasteiger partial charge is 0.503 e. The highest BCUT2D eigenvalue weighted by Gasteiger charge is 2.29. The van der Waals surface area contributed by atoms with Crippen LogP contribution in [0.2, 0.25) is 5.02 Å². The Kier molecular flexibility index (Phi) is 5.91. The summed E-state index contributed by atoms with van der Waals surface area (Å²) < 4.78 is 45.9. The molecule has 1 fully saturated rings. The molecule has 0 bridgehead atoms. The minimum Gasteiger partial charge on any atom is -0.503 e. The Hall–Kier alpha value is -4.27. The summed E-state index contributed by atoms with van der Waals surface area (Å²) in [6, 6.07) is 2.13. The standard InChI is InChI=1S/C20H15ClF3N9O3/c1-31-28-16(27-30-31)9-6-11(21)18(25-8-9)32-2-4-33(5-3-32)20(35)17-26-19(36-29-17)10-7-12(22)14(24)15(34)13(10)23/h6-8,34H,2-5H2,1H3. The third-order valence-corrected chi connectivity index (χ3v) is 5.71. The van der Waals surface area contributed by atoms with Crippen LogP contribution in [-0.2, 0) is 7.05 Å². The summed E-state index contributed by atoms with van der Waals surface area (Å²) in [6.07, 6.45) is 1.58. The van der Waals surface area contributed by atoms with Crippen molar-refractivity contribution in [3.8, 4) is 28.6 Å². The van der Waals surface area contributed by atoms with Gasteiger partial charge in [-0.15, -0.1) is 10.2 Å². The molecule has 1 aromatic carbocycles.